The van der Waals surface area contributed by atoms with Crippen LogP contribution < -0.4 is 9.73 Å². The predicted molar refractivity (Wildman–Crippen MR) is 92.9 cm³/mol. The molecule has 0 saturated heterocycles. The number of nitrogens with zero attached hydrogens (tertiary/aromatic N) is 2. The molecule has 1 aliphatic rings. The van der Waals surface area contributed by atoms with Gasteiger partial charge in [0, 0.05) is 5.39 Å². The van der Waals surface area contributed by atoms with Gasteiger partial charge >= 0.3 is 0 Å². The van der Waals surface area contributed by atoms with Crippen molar-refractivity contribution < 1.29 is 17.6 Å². The first-order valence-corrected chi connectivity index (χ1v) is 8.91. The maximum atomic E-state index is 12.8. The van der Waals surface area contributed by atoms with E-state index in [2.05, 4.69) is 10.5 Å². The second kappa shape index (κ2) is 5.75. The lowest BCUT2D eigenvalue weighted by Crippen LogP contribution is -2.37. The van der Waals surface area contributed by atoms with Gasteiger partial charge in [-0.05, 0) is 29.7 Å². The highest BCUT2D eigenvalue weighted by Crippen LogP contribution is 2.41. The number of carbonyl (C=O) groups is 1. The van der Waals surface area contributed by atoms with Crippen LogP contribution in [0.2, 0.25) is 0 Å². The number of hydrazone groups is 1. The summed E-state index contributed by atoms with van der Waals surface area (Å²) in [7, 11) is -3.76. The minimum atomic E-state index is -3.76. The molecule has 1 N–H and O–H groups in total. The van der Waals surface area contributed by atoms with E-state index < -0.39 is 15.9 Å². The van der Waals surface area contributed by atoms with E-state index in [1.54, 1.807) is 36.4 Å². The van der Waals surface area contributed by atoms with Crippen LogP contribution in [0.4, 0.5) is 5.69 Å². The van der Waals surface area contributed by atoms with E-state index in [4.69, 9.17) is 4.42 Å². The van der Waals surface area contributed by atoms with Crippen LogP contribution in [0.25, 0.3) is 10.8 Å². The highest BCUT2D eigenvalue weighted by molar-refractivity contribution is 7.93. The maximum Gasteiger partial charge on any atom is 0.265 e. The van der Waals surface area contributed by atoms with Crippen LogP contribution in [-0.2, 0) is 14.8 Å². The molecule has 1 aliphatic heterocycles. The van der Waals surface area contributed by atoms with E-state index in [1.165, 1.54) is 12.5 Å². The van der Waals surface area contributed by atoms with Crippen LogP contribution >= 0.6 is 0 Å². The first-order chi connectivity index (χ1) is 12.1. The molecule has 0 radical (unpaired) electrons. The van der Waals surface area contributed by atoms with Crippen molar-refractivity contribution >= 4 is 38.6 Å². The zero-order valence-corrected chi connectivity index (χ0v) is 13.7. The van der Waals surface area contributed by atoms with Crippen LogP contribution in [0.15, 0.2) is 69.2 Å². The number of nitrogens with one attached hydrogen (secondary N) is 1. The average Bonchev–Trinajstić information content (AvgIpc) is 3.18. The van der Waals surface area contributed by atoms with Gasteiger partial charge < -0.3 is 4.42 Å². The average molecular weight is 355 g/mol. The van der Waals surface area contributed by atoms with Crippen molar-refractivity contribution in [1.29, 1.82) is 0 Å². The van der Waals surface area contributed by atoms with Gasteiger partial charge in [0.2, 0.25) is 0 Å². The minimum absolute atomic E-state index is 0.215. The molecule has 3 aromatic rings. The molecule has 0 unspecified atom stereocenters. The van der Waals surface area contributed by atoms with Crippen LogP contribution in [0.5, 0.6) is 0 Å². The van der Waals surface area contributed by atoms with E-state index in [1.807, 2.05) is 12.1 Å². The summed E-state index contributed by atoms with van der Waals surface area (Å²) in [5.41, 5.74) is 2.81. The molecule has 1 amide bonds. The van der Waals surface area contributed by atoms with Crippen molar-refractivity contribution in [3.63, 3.8) is 0 Å². The minimum Gasteiger partial charge on any atom is -0.463 e. The Morgan fingerprint density at radius 2 is 1.96 bits per heavy atom. The van der Waals surface area contributed by atoms with Gasteiger partial charge in [-0.25, -0.2) is 13.8 Å². The normalized spacial score (nSPS) is 15.1. The molecule has 2 heterocycles. The van der Waals surface area contributed by atoms with E-state index in [0.717, 1.165) is 9.69 Å². The molecule has 0 bridgehead atoms. The number of hydrogen-bond acceptors (Lipinski definition) is 5. The third-order valence-electron chi connectivity index (χ3n) is 3.89. The molecule has 0 saturated carbocycles. The Bertz CT molecular complexity index is 1080. The fraction of sp³-hybridized carbons (Fsp3) is 0.0588. The molecule has 0 atom stereocenters. The smallest absolute Gasteiger partial charge is 0.265 e. The van der Waals surface area contributed by atoms with Crippen molar-refractivity contribution in [3.8, 4) is 0 Å². The molecule has 0 spiro atoms. The Kier molecular flexibility index (Phi) is 3.54. The number of benzene rings is 2. The van der Waals surface area contributed by atoms with Crippen molar-refractivity contribution in [2.24, 2.45) is 5.10 Å². The molecule has 8 heteroatoms. The molecule has 126 valence electrons. The second-order valence-corrected chi connectivity index (χ2v) is 7.28. The predicted octanol–water partition coefficient (Wildman–Crippen LogP) is 2.09. The SMILES string of the molecule is O=C(CN1c2cccc3cccc(c23)S1(=O)=O)N/N=C\c1ccco1. The van der Waals surface area contributed by atoms with Crippen LogP contribution in [0, 0.1) is 0 Å². The van der Waals surface area contributed by atoms with Crippen molar-refractivity contribution in [2.75, 3.05) is 10.8 Å². The first-order valence-electron chi connectivity index (χ1n) is 7.47. The van der Waals surface area contributed by atoms with Gasteiger partial charge in [0.15, 0.2) is 0 Å². The summed E-state index contributed by atoms with van der Waals surface area (Å²) in [5.74, 6) is -0.0672. The molecular weight excluding hydrogens is 342 g/mol. The van der Waals surface area contributed by atoms with E-state index in [9.17, 15) is 13.2 Å². The summed E-state index contributed by atoms with van der Waals surface area (Å²) >= 11 is 0. The summed E-state index contributed by atoms with van der Waals surface area (Å²) in [6.45, 7) is -0.356. The molecule has 2 aromatic carbocycles. The Balaban J connectivity index is 1.59. The van der Waals surface area contributed by atoms with Crippen molar-refractivity contribution in [2.45, 2.75) is 4.90 Å². The molecule has 25 heavy (non-hydrogen) atoms. The van der Waals surface area contributed by atoms with Crippen LogP contribution in [-0.4, -0.2) is 27.1 Å². The highest BCUT2D eigenvalue weighted by atomic mass is 32.2. The number of amides is 1. The first kappa shape index (κ1) is 15.4. The largest absolute Gasteiger partial charge is 0.463 e. The van der Waals surface area contributed by atoms with Gasteiger partial charge in [-0.1, -0.05) is 24.3 Å². The Morgan fingerprint density at radius 1 is 1.16 bits per heavy atom. The number of hydrogen-bond donors (Lipinski definition) is 1. The molecule has 7 nitrogen and oxygen atoms in total. The lowest BCUT2D eigenvalue weighted by molar-refractivity contribution is -0.119. The van der Waals surface area contributed by atoms with Gasteiger partial charge in [-0.15, -0.1) is 0 Å². The zero-order chi connectivity index (χ0) is 17.4. The van der Waals surface area contributed by atoms with Gasteiger partial charge in [0.25, 0.3) is 15.9 Å². The Hall–Kier alpha value is -3.13. The summed E-state index contributed by atoms with van der Waals surface area (Å²) in [6.07, 6.45) is 2.82. The number of anilines is 1. The van der Waals surface area contributed by atoms with E-state index >= 15 is 0 Å². The number of rotatable bonds is 4. The fourth-order valence-electron chi connectivity index (χ4n) is 2.83. The van der Waals surface area contributed by atoms with Gasteiger partial charge in [-0.3, -0.25) is 9.10 Å². The zero-order valence-electron chi connectivity index (χ0n) is 12.9. The summed E-state index contributed by atoms with van der Waals surface area (Å²) in [6, 6.07) is 13.8. The monoisotopic (exact) mass is 355 g/mol. The van der Waals surface area contributed by atoms with E-state index in [-0.39, 0.29) is 11.4 Å². The fourth-order valence-corrected chi connectivity index (χ4v) is 4.49. The lowest BCUT2D eigenvalue weighted by atomic mass is 10.1. The van der Waals surface area contributed by atoms with Gasteiger partial charge in [0.05, 0.1) is 23.1 Å². The third kappa shape index (κ3) is 2.56. The number of sulfonamides is 1. The molecule has 1 aromatic heterocycles. The lowest BCUT2D eigenvalue weighted by Gasteiger charge is -2.17. The Morgan fingerprint density at radius 3 is 2.72 bits per heavy atom. The third-order valence-corrected chi connectivity index (χ3v) is 5.69. The van der Waals surface area contributed by atoms with Crippen molar-refractivity contribution in [1.82, 2.24) is 5.43 Å². The van der Waals surface area contributed by atoms with Crippen LogP contribution in [0.3, 0.4) is 0 Å². The maximum absolute atomic E-state index is 12.8. The molecule has 0 fully saturated rings. The van der Waals surface area contributed by atoms with Crippen molar-refractivity contribution in [3.05, 3.63) is 60.6 Å². The van der Waals surface area contributed by atoms with Gasteiger partial charge in [0.1, 0.15) is 12.3 Å². The highest BCUT2D eigenvalue weighted by Gasteiger charge is 2.36. The molecular formula is C17H13N3O4S. The topological polar surface area (TPSA) is 92.0 Å². The quantitative estimate of drug-likeness (QED) is 0.573. The molecule has 0 aliphatic carbocycles. The number of furan rings is 1. The standard InChI is InChI=1S/C17H13N3O4S/c21-16(19-18-10-13-6-3-9-24-13)11-20-14-7-1-4-12-5-2-8-15(17(12)14)25(20,22)23/h1-10H,11H2,(H,19,21)/b18-10-. The summed E-state index contributed by atoms with van der Waals surface area (Å²) in [4.78, 5) is 12.3. The van der Waals surface area contributed by atoms with E-state index in [0.29, 0.717) is 16.8 Å². The second-order valence-electron chi connectivity index (χ2n) is 5.45. The number of carbonyl (C=O) groups excluding carboxylic acids is 1. The summed E-state index contributed by atoms with van der Waals surface area (Å²) < 4.78 is 31.7. The van der Waals surface area contributed by atoms with Crippen LogP contribution in [0.1, 0.15) is 5.76 Å². The molecule has 4 rings (SSSR count). The Labute approximate surface area is 143 Å². The van der Waals surface area contributed by atoms with Gasteiger partial charge in [-0.2, -0.15) is 5.10 Å². The summed E-state index contributed by atoms with van der Waals surface area (Å²) in [5, 5.41) is 5.21.